The predicted molar refractivity (Wildman–Crippen MR) is 56.4 cm³/mol. The van der Waals surface area contributed by atoms with Gasteiger partial charge in [-0.2, -0.15) is 0 Å². The van der Waals surface area contributed by atoms with E-state index in [0.717, 1.165) is 0 Å². The summed E-state index contributed by atoms with van der Waals surface area (Å²) in [4.78, 5) is 9.49. The molecule has 0 aliphatic heterocycles. The fourth-order valence-corrected chi connectivity index (χ4v) is 2.69. The molecule has 0 aliphatic rings. The van der Waals surface area contributed by atoms with Crippen LogP contribution in [0.15, 0.2) is 17.0 Å². The minimum Gasteiger partial charge on any atom is -0.478 e. The van der Waals surface area contributed by atoms with Crippen LogP contribution in [0.1, 0.15) is 10.4 Å². The molecule has 0 aliphatic carbocycles. The third-order valence-corrected chi connectivity index (χ3v) is 3.79. The number of carboxylic acid groups (broad SMARTS) is 1. The second-order valence-corrected chi connectivity index (χ2v) is 5.68. The van der Waals surface area contributed by atoms with Crippen molar-refractivity contribution in [2.75, 3.05) is 5.75 Å². The van der Waals surface area contributed by atoms with Crippen molar-refractivity contribution in [2.24, 2.45) is 0 Å². The number of hydrogen-bond acceptors (Lipinski definition) is 3. The van der Waals surface area contributed by atoms with E-state index in [9.17, 15) is 26.4 Å². The van der Waals surface area contributed by atoms with E-state index in [1.807, 2.05) is 0 Å². The molecule has 0 fully saturated rings. The number of carboxylic acids is 1. The van der Waals surface area contributed by atoms with Gasteiger partial charge in [0.2, 0.25) is 0 Å². The van der Waals surface area contributed by atoms with E-state index in [0.29, 0.717) is 12.1 Å². The van der Waals surface area contributed by atoms with Crippen molar-refractivity contribution in [3.63, 3.8) is 0 Å². The number of hydrogen-bond donors (Lipinski definition) is 1. The van der Waals surface area contributed by atoms with Gasteiger partial charge in [0.15, 0.2) is 15.7 Å². The molecule has 9 heteroatoms. The number of halogens is 4. The van der Waals surface area contributed by atoms with Crippen LogP contribution in [0.25, 0.3) is 0 Å². The monoisotopic (exact) mass is 302 g/mol. The highest BCUT2D eigenvalue weighted by Gasteiger charge is 2.27. The van der Waals surface area contributed by atoms with Crippen molar-refractivity contribution in [3.05, 3.63) is 28.5 Å². The number of carbonyl (C=O) groups is 1. The van der Waals surface area contributed by atoms with Gasteiger partial charge in [-0.3, -0.25) is 0 Å². The van der Waals surface area contributed by atoms with Gasteiger partial charge in [0, 0.05) is 5.02 Å². The van der Waals surface area contributed by atoms with Crippen LogP contribution in [0.2, 0.25) is 5.02 Å². The van der Waals surface area contributed by atoms with E-state index in [1.165, 1.54) is 0 Å². The maximum atomic E-state index is 13.6. The van der Waals surface area contributed by atoms with Crippen molar-refractivity contribution >= 4 is 27.4 Å². The lowest BCUT2D eigenvalue weighted by molar-refractivity contribution is 0.0691. The van der Waals surface area contributed by atoms with Crippen molar-refractivity contribution in [1.29, 1.82) is 0 Å². The molecular formula is C9H6ClF3O4S. The quantitative estimate of drug-likeness (QED) is 0.925. The van der Waals surface area contributed by atoms with Crippen LogP contribution in [0, 0.1) is 5.82 Å². The number of sulfone groups is 1. The first-order valence-electron chi connectivity index (χ1n) is 4.38. The van der Waals surface area contributed by atoms with Crippen LogP contribution in [0.4, 0.5) is 13.2 Å². The molecule has 0 heterocycles. The van der Waals surface area contributed by atoms with E-state index >= 15 is 0 Å². The lowest BCUT2D eigenvalue weighted by Gasteiger charge is -2.08. The second-order valence-electron chi connectivity index (χ2n) is 3.24. The first kappa shape index (κ1) is 14.8. The van der Waals surface area contributed by atoms with Crippen LogP contribution in [0.3, 0.4) is 0 Å². The molecular weight excluding hydrogens is 297 g/mol. The van der Waals surface area contributed by atoms with Gasteiger partial charge in [-0.25, -0.2) is 26.4 Å². The average molecular weight is 303 g/mol. The van der Waals surface area contributed by atoms with E-state index in [-0.39, 0.29) is 5.02 Å². The standard InChI is InChI=1S/C9H6ClF3O4S/c10-4-1-5(9(14)15)8(13)6(2-4)18(16,17)3-7(11)12/h1-2,7H,3H2,(H,14,15). The summed E-state index contributed by atoms with van der Waals surface area (Å²) in [6.07, 6.45) is -3.21. The Bertz CT molecular complexity index is 586. The van der Waals surface area contributed by atoms with Gasteiger partial charge in [0.1, 0.15) is 10.6 Å². The highest BCUT2D eigenvalue weighted by atomic mass is 35.5. The zero-order chi connectivity index (χ0) is 14.1. The molecule has 0 radical (unpaired) electrons. The Labute approximate surface area is 105 Å². The molecule has 0 bridgehead atoms. The summed E-state index contributed by atoms with van der Waals surface area (Å²) in [6.45, 7) is 0. The fourth-order valence-electron chi connectivity index (χ4n) is 1.20. The summed E-state index contributed by atoms with van der Waals surface area (Å²) in [6, 6.07) is 1.29. The van der Waals surface area contributed by atoms with E-state index < -0.39 is 44.3 Å². The normalized spacial score (nSPS) is 11.8. The average Bonchev–Trinajstić information content (AvgIpc) is 2.18. The molecule has 0 spiro atoms. The summed E-state index contributed by atoms with van der Waals surface area (Å²) in [5.41, 5.74) is -0.990. The third kappa shape index (κ3) is 3.14. The van der Waals surface area contributed by atoms with Gasteiger partial charge in [0.25, 0.3) is 6.43 Å². The number of aromatic carboxylic acids is 1. The molecule has 1 aromatic carbocycles. The molecule has 0 saturated heterocycles. The third-order valence-electron chi connectivity index (χ3n) is 1.91. The second kappa shape index (κ2) is 5.15. The zero-order valence-corrected chi connectivity index (χ0v) is 10.1. The van der Waals surface area contributed by atoms with Gasteiger partial charge < -0.3 is 5.11 Å². The Balaban J connectivity index is 3.47. The highest BCUT2D eigenvalue weighted by Crippen LogP contribution is 2.25. The van der Waals surface area contributed by atoms with Gasteiger partial charge in [0.05, 0.1) is 5.56 Å². The largest absolute Gasteiger partial charge is 0.478 e. The van der Waals surface area contributed by atoms with Gasteiger partial charge in [-0.1, -0.05) is 11.6 Å². The molecule has 0 unspecified atom stereocenters. The van der Waals surface area contributed by atoms with E-state index in [1.54, 1.807) is 0 Å². The number of rotatable bonds is 4. The Kier molecular flexibility index (Phi) is 4.23. The summed E-state index contributed by atoms with van der Waals surface area (Å²) in [5, 5.41) is 8.25. The van der Waals surface area contributed by atoms with E-state index in [2.05, 4.69) is 0 Å². The summed E-state index contributed by atoms with van der Waals surface area (Å²) >= 11 is 5.43. The minimum atomic E-state index is -4.64. The van der Waals surface area contributed by atoms with Crippen LogP contribution in [-0.4, -0.2) is 31.7 Å². The Morgan fingerprint density at radius 3 is 2.39 bits per heavy atom. The highest BCUT2D eigenvalue weighted by molar-refractivity contribution is 7.91. The summed E-state index contributed by atoms with van der Waals surface area (Å²) < 4.78 is 60.5. The topological polar surface area (TPSA) is 71.4 Å². The van der Waals surface area contributed by atoms with Crippen molar-refractivity contribution in [3.8, 4) is 0 Å². The molecule has 4 nitrogen and oxygen atoms in total. The Hall–Kier alpha value is -1.28. The molecule has 1 rings (SSSR count). The van der Waals surface area contributed by atoms with Crippen LogP contribution in [0.5, 0.6) is 0 Å². The van der Waals surface area contributed by atoms with Crippen LogP contribution < -0.4 is 0 Å². The minimum absolute atomic E-state index is 0.373. The smallest absolute Gasteiger partial charge is 0.338 e. The first-order chi connectivity index (χ1) is 8.15. The lowest BCUT2D eigenvalue weighted by atomic mass is 10.2. The zero-order valence-electron chi connectivity index (χ0n) is 8.53. The number of benzene rings is 1. The SMILES string of the molecule is O=C(O)c1cc(Cl)cc(S(=O)(=O)CC(F)F)c1F. The molecule has 0 saturated carbocycles. The molecule has 18 heavy (non-hydrogen) atoms. The number of alkyl halides is 2. The predicted octanol–water partition coefficient (Wildman–Crippen LogP) is 2.22. The Morgan fingerprint density at radius 1 is 1.39 bits per heavy atom. The molecule has 0 amide bonds. The molecule has 1 N–H and O–H groups in total. The molecule has 1 aromatic rings. The van der Waals surface area contributed by atoms with Gasteiger partial charge in [-0.15, -0.1) is 0 Å². The van der Waals surface area contributed by atoms with Gasteiger partial charge >= 0.3 is 5.97 Å². The summed E-state index contributed by atoms with van der Waals surface area (Å²) in [5.74, 6) is -4.96. The van der Waals surface area contributed by atoms with Crippen LogP contribution in [-0.2, 0) is 9.84 Å². The lowest BCUT2D eigenvalue weighted by Crippen LogP contribution is -2.16. The summed E-state index contributed by atoms with van der Waals surface area (Å²) in [7, 11) is -4.64. The maximum Gasteiger partial charge on any atom is 0.338 e. The molecule has 0 atom stereocenters. The van der Waals surface area contributed by atoms with E-state index in [4.69, 9.17) is 16.7 Å². The Morgan fingerprint density at radius 2 is 1.94 bits per heavy atom. The van der Waals surface area contributed by atoms with Gasteiger partial charge in [-0.05, 0) is 12.1 Å². The molecule has 100 valence electrons. The fraction of sp³-hybridized carbons (Fsp3) is 0.222. The van der Waals surface area contributed by atoms with Crippen molar-refractivity contribution in [1.82, 2.24) is 0 Å². The van der Waals surface area contributed by atoms with Crippen LogP contribution >= 0.6 is 11.6 Å². The maximum absolute atomic E-state index is 13.6. The van der Waals surface area contributed by atoms with Crippen molar-refractivity contribution in [2.45, 2.75) is 11.3 Å². The molecule has 0 aromatic heterocycles. The van der Waals surface area contributed by atoms with Crippen molar-refractivity contribution < 1.29 is 31.5 Å². The first-order valence-corrected chi connectivity index (χ1v) is 6.41.